The van der Waals surface area contributed by atoms with Gasteiger partial charge in [0.25, 0.3) is 0 Å². The van der Waals surface area contributed by atoms with Crippen LogP contribution in [-0.2, 0) is 13.2 Å². The molecule has 0 radical (unpaired) electrons. The van der Waals surface area contributed by atoms with Crippen molar-refractivity contribution in [2.45, 2.75) is 38.9 Å². The van der Waals surface area contributed by atoms with Crippen molar-refractivity contribution in [3.63, 3.8) is 0 Å². The summed E-state index contributed by atoms with van der Waals surface area (Å²) in [5, 5.41) is 14.7. The molecule has 3 aromatic rings. The van der Waals surface area contributed by atoms with E-state index in [0.717, 1.165) is 12.5 Å². The molecule has 1 aliphatic heterocycles. The molecular formula is C21H23F3N6O2. The summed E-state index contributed by atoms with van der Waals surface area (Å²) in [5.74, 6) is 1.12. The van der Waals surface area contributed by atoms with Crippen molar-refractivity contribution in [1.29, 1.82) is 0 Å². The van der Waals surface area contributed by atoms with Crippen LogP contribution in [0.3, 0.4) is 0 Å². The predicted octanol–water partition coefficient (Wildman–Crippen LogP) is 4.80. The number of hydrogen-bond acceptors (Lipinski definition) is 5. The van der Waals surface area contributed by atoms with Gasteiger partial charge in [-0.1, -0.05) is 6.92 Å². The molecule has 1 saturated heterocycles. The van der Waals surface area contributed by atoms with Crippen molar-refractivity contribution in [1.82, 2.24) is 24.9 Å². The highest BCUT2D eigenvalue weighted by molar-refractivity contribution is 5.90. The maximum absolute atomic E-state index is 13.6. The van der Waals surface area contributed by atoms with Crippen LogP contribution in [0, 0.1) is 12.8 Å². The molecule has 8 nitrogen and oxygen atoms in total. The molecule has 0 aliphatic carbocycles. The highest BCUT2D eigenvalue weighted by Crippen LogP contribution is 2.38. The Bertz CT molecular complexity index is 1120. The summed E-state index contributed by atoms with van der Waals surface area (Å²) < 4.78 is 47.6. The summed E-state index contributed by atoms with van der Waals surface area (Å²) in [4.78, 5) is 14.7. The van der Waals surface area contributed by atoms with Gasteiger partial charge in [0.15, 0.2) is 0 Å². The molecule has 1 fully saturated rings. The van der Waals surface area contributed by atoms with Crippen LogP contribution >= 0.6 is 0 Å². The molecule has 2 aromatic heterocycles. The number of nitrogens with zero attached hydrogens (tertiary/aromatic N) is 5. The number of aromatic nitrogens is 4. The van der Waals surface area contributed by atoms with Gasteiger partial charge in [-0.05, 0) is 43.0 Å². The minimum atomic E-state index is -4.56. The number of benzene rings is 1. The Morgan fingerprint density at radius 2 is 2.03 bits per heavy atom. The van der Waals surface area contributed by atoms with Crippen molar-refractivity contribution in [3.05, 3.63) is 47.8 Å². The molecule has 3 heterocycles. The van der Waals surface area contributed by atoms with E-state index < -0.39 is 23.8 Å². The molecule has 170 valence electrons. The fraction of sp³-hybridized carbons (Fsp3) is 0.429. The van der Waals surface area contributed by atoms with Crippen molar-refractivity contribution in [2.75, 3.05) is 11.9 Å². The predicted molar refractivity (Wildman–Crippen MR) is 110 cm³/mol. The number of anilines is 1. The number of carbonyl (C=O) groups excluding carboxylic acids is 1. The van der Waals surface area contributed by atoms with Crippen molar-refractivity contribution < 1.29 is 22.4 Å². The van der Waals surface area contributed by atoms with Gasteiger partial charge in [-0.25, -0.2) is 4.79 Å². The average molecular weight is 448 g/mol. The monoisotopic (exact) mass is 448 g/mol. The second-order valence-electron chi connectivity index (χ2n) is 8.06. The molecule has 1 aliphatic rings. The van der Waals surface area contributed by atoms with E-state index in [1.165, 1.54) is 22.9 Å². The standard InChI is InChI=1S/C21H23F3N6O2/c1-12-6-9-30(18(10-12)19-27-26-13(2)32-19)20(31)25-14-4-5-16(21(22,23)24)15(11-14)17-7-8-29(3)28-17/h4-5,7-8,11-12,18H,6,9-10H2,1-3H3,(H,25,31)/t12-,18?/m0/s1. The van der Waals surface area contributed by atoms with E-state index in [9.17, 15) is 18.0 Å². The average Bonchev–Trinajstić information content (AvgIpc) is 3.35. The van der Waals surface area contributed by atoms with Crippen LogP contribution < -0.4 is 5.32 Å². The smallest absolute Gasteiger partial charge is 0.417 e. The highest BCUT2D eigenvalue weighted by atomic mass is 19.4. The molecule has 4 rings (SSSR count). The van der Waals surface area contributed by atoms with Crippen LogP contribution in [0.5, 0.6) is 0 Å². The van der Waals surface area contributed by atoms with Crippen LogP contribution in [0.15, 0.2) is 34.9 Å². The second kappa shape index (κ2) is 8.29. The van der Waals surface area contributed by atoms with Crippen LogP contribution in [0.1, 0.15) is 43.2 Å². The molecule has 2 amide bonds. The Morgan fingerprint density at radius 1 is 1.25 bits per heavy atom. The Morgan fingerprint density at radius 3 is 2.66 bits per heavy atom. The van der Waals surface area contributed by atoms with Gasteiger partial charge < -0.3 is 14.6 Å². The maximum Gasteiger partial charge on any atom is 0.417 e. The number of likely N-dealkylation sites (tertiary alicyclic amines) is 1. The highest BCUT2D eigenvalue weighted by Gasteiger charge is 2.36. The summed E-state index contributed by atoms with van der Waals surface area (Å²) in [5.41, 5.74) is -0.517. The van der Waals surface area contributed by atoms with E-state index in [0.29, 0.717) is 30.7 Å². The van der Waals surface area contributed by atoms with Gasteiger partial charge in [-0.2, -0.15) is 18.3 Å². The molecule has 0 saturated carbocycles. The van der Waals surface area contributed by atoms with Gasteiger partial charge in [0.05, 0.1) is 11.3 Å². The van der Waals surface area contributed by atoms with E-state index >= 15 is 0 Å². The van der Waals surface area contributed by atoms with E-state index in [1.54, 1.807) is 25.1 Å². The van der Waals surface area contributed by atoms with E-state index in [1.807, 2.05) is 0 Å². The van der Waals surface area contributed by atoms with Gasteiger partial charge >= 0.3 is 12.2 Å². The summed E-state index contributed by atoms with van der Waals surface area (Å²) in [6, 6.07) is 4.15. The Hall–Kier alpha value is -3.37. The first-order chi connectivity index (χ1) is 15.1. The topological polar surface area (TPSA) is 89.1 Å². The zero-order valence-electron chi connectivity index (χ0n) is 17.8. The minimum absolute atomic E-state index is 0.104. The molecule has 2 atom stereocenters. The number of halogens is 3. The molecule has 1 unspecified atom stereocenters. The summed E-state index contributed by atoms with van der Waals surface area (Å²) in [6.07, 6.45) is -1.55. The van der Waals surface area contributed by atoms with Gasteiger partial charge in [-0.3, -0.25) is 4.68 Å². The first kappa shape index (κ1) is 21.8. The van der Waals surface area contributed by atoms with Crippen molar-refractivity contribution >= 4 is 11.7 Å². The van der Waals surface area contributed by atoms with E-state index in [-0.39, 0.29) is 16.9 Å². The number of urea groups is 1. The van der Waals surface area contributed by atoms with E-state index in [4.69, 9.17) is 4.42 Å². The first-order valence-corrected chi connectivity index (χ1v) is 10.2. The molecule has 32 heavy (non-hydrogen) atoms. The Kier molecular flexibility index (Phi) is 5.66. The number of nitrogens with one attached hydrogen (secondary N) is 1. The first-order valence-electron chi connectivity index (χ1n) is 10.2. The third kappa shape index (κ3) is 4.46. The van der Waals surface area contributed by atoms with Crippen LogP contribution in [0.2, 0.25) is 0 Å². The van der Waals surface area contributed by atoms with Gasteiger partial charge in [0, 0.05) is 38.0 Å². The quantitative estimate of drug-likeness (QED) is 0.622. The molecule has 0 spiro atoms. The van der Waals surface area contributed by atoms with Crippen LogP contribution in [-0.4, -0.2) is 37.5 Å². The zero-order chi connectivity index (χ0) is 23.0. The Labute approximate surface area is 182 Å². The molecule has 1 aromatic carbocycles. The fourth-order valence-corrected chi connectivity index (χ4v) is 3.90. The lowest BCUT2D eigenvalue weighted by molar-refractivity contribution is -0.137. The summed E-state index contributed by atoms with van der Waals surface area (Å²) in [7, 11) is 1.62. The number of aryl methyl sites for hydroxylation is 2. The van der Waals surface area contributed by atoms with Crippen LogP contribution in [0.25, 0.3) is 11.3 Å². The number of carbonyl (C=O) groups is 1. The summed E-state index contributed by atoms with van der Waals surface area (Å²) >= 11 is 0. The third-order valence-corrected chi connectivity index (χ3v) is 5.52. The maximum atomic E-state index is 13.6. The normalized spacial score (nSPS) is 19.2. The fourth-order valence-electron chi connectivity index (χ4n) is 3.90. The molecule has 1 N–H and O–H groups in total. The molecule has 11 heteroatoms. The molecule has 0 bridgehead atoms. The number of alkyl halides is 3. The van der Waals surface area contributed by atoms with Gasteiger partial charge in [0.1, 0.15) is 6.04 Å². The zero-order valence-corrected chi connectivity index (χ0v) is 17.8. The number of hydrogen-bond donors (Lipinski definition) is 1. The SMILES string of the molecule is Cc1nnc(C2C[C@@H](C)CCN2C(=O)Nc2ccc(C(F)(F)F)c(-c3ccn(C)n3)c2)o1. The number of amides is 2. The third-order valence-electron chi connectivity index (χ3n) is 5.52. The minimum Gasteiger partial charge on any atom is -0.423 e. The molecular weight excluding hydrogens is 425 g/mol. The second-order valence-corrected chi connectivity index (χ2v) is 8.06. The number of piperidine rings is 1. The largest absolute Gasteiger partial charge is 0.423 e. The van der Waals surface area contributed by atoms with E-state index in [2.05, 4.69) is 27.5 Å². The lowest BCUT2D eigenvalue weighted by Gasteiger charge is -2.36. The Balaban J connectivity index is 1.62. The van der Waals surface area contributed by atoms with Crippen LogP contribution in [0.4, 0.5) is 23.7 Å². The number of rotatable bonds is 3. The van der Waals surface area contributed by atoms with Gasteiger partial charge in [-0.15, -0.1) is 10.2 Å². The van der Waals surface area contributed by atoms with Crippen molar-refractivity contribution in [2.24, 2.45) is 13.0 Å². The lowest BCUT2D eigenvalue weighted by atomic mass is 9.92. The summed E-state index contributed by atoms with van der Waals surface area (Å²) in [6.45, 7) is 4.22. The van der Waals surface area contributed by atoms with Crippen molar-refractivity contribution in [3.8, 4) is 11.3 Å². The van der Waals surface area contributed by atoms with Gasteiger partial charge in [0.2, 0.25) is 11.8 Å². The lowest BCUT2D eigenvalue weighted by Crippen LogP contribution is -2.43.